The fraction of sp³-hybridized carbons (Fsp3) is 1.00. The van der Waals surface area contributed by atoms with Gasteiger partial charge in [-0.05, 0) is 25.7 Å². The van der Waals surface area contributed by atoms with Gasteiger partial charge in [0.15, 0.2) is 0 Å². The van der Waals surface area contributed by atoms with Crippen LogP contribution in [0.1, 0.15) is 39.0 Å². The van der Waals surface area contributed by atoms with Gasteiger partial charge in [-0.25, -0.2) is 0 Å². The van der Waals surface area contributed by atoms with E-state index in [1.807, 2.05) is 0 Å². The van der Waals surface area contributed by atoms with Crippen LogP contribution in [0.15, 0.2) is 0 Å². The van der Waals surface area contributed by atoms with Crippen LogP contribution in [-0.2, 0) is 0 Å². The van der Waals surface area contributed by atoms with Crippen molar-refractivity contribution in [1.29, 1.82) is 0 Å². The fourth-order valence-electron chi connectivity index (χ4n) is 0.986. The van der Waals surface area contributed by atoms with Crippen LogP contribution in [0, 0.1) is 0 Å². The van der Waals surface area contributed by atoms with Crippen LogP contribution in [0.3, 0.4) is 0 Å². The minimum Gasteiger partial charge on any atom is -0.396 e. The number of unbranched alkanes of at least 4 members (excludes halogenated alkanes) is 1. The molecule has 0 atom stereocenters. The number of aliphatic hydroxyl groups excluding tert-OH is 1. The summed E-state index contributed by atoms with van der Waals surface area (Å²) in [6.45, 7) is 2.29. The summed E-state index contributed by atoms with van der Waals surface area (Å²) in [5.41, 5.74) is 0. The van der Waals surface area contributed by atoms with E-state index in [0.29, 0.717) is 0 Å². The predicted octanol–water partition coefficient (Wildman–Crippen LogP) is 3.12. The van der Waals surface area contributed by atoms with Gasteiger partial charge in [-0.2, -0.15) is 0 Å². The van der Waals surface area contributed by atoms with Crippen molar-refractivity contribution < 1.29 is 5.11 Å². The first-order chi connectivity index (χ1) is 5.12. The highest BCUT2D eigenvalue weighted by atomic mass is 35.5. The third-order valence-corrected chi connectivity index (χ3v) is 2.32. The minimum atomic E-state index is -0.566. The summed E-state index contributed by atoms with van der Waals surface area (Å²) >= 11 is 11.9. The Balaban J connectivity index is 3.38. The summed E-state index contributed by atoms with van der Waals surface area (Å²) in [4.78, 5) is 0. The molecule has 0 spiro atoms. The Morgan fingerprint density at radius 3 is 2.27 bits per heavy atom. The zero-order chi connectivity index (χ0) is 8.74. The second-order valence-electron chi connectivity index (χ2n) is 2.79. The summed E-state index contributed by atoms with van der Waals surface area (Å²) in [5, 5.41) is 8.51. The quantitative estimate of drug-likeness (QED) is 0.514. The van der Waals surface area contributed by atoms with Crippen LogP contribution in [0.4, 0.5) is 0 Å². The molecule has 0 aliphatic carbocycles. The van der Waals surface area contributed by atoms with Gasteiger partial charge in [0, 0.05) is 6.61 Å². The molecule has 0 unspecified atom stereocenters. The number of alkyl halides is 2. The van der Waals surface area contributed by atoms with Gasteiger partial charge < -0.3 is 5.11 Å². The van der Waals surface area contributed by atoms with Crippen LogP contribution >= 0.6 is 23.2 Å². The molecule has 1 nitrogen and oxygen atoms in total. The molecule has 0 aromatic heterocycles. The molecule has 0 aromatic carbocycles. The molecule has 3 heteroatoms. The smallest absolute Gasteiger partial charge is 0.118 e. The molecule has 0 heterocycles. The maximum atomic E-state index is 8.51. The van der Waals surface area contributed by atoms with Crippen molar-refractivity contribution in [3.8, 4) is 0 Å². The predicted molar refractivity (Wildman–Crippen MR) is 50.3 cm³/mol. The number of rotatable bonds is 6. The maximum Gasteiger partial charge on any atom is 0.118 e. The lowest BCUT2D eigenvalue weighted by Gasteiger charge is -2.17. The van der Waals surface area contributed by atoms with E-state index in [-0.39, 0.29) is 6.61 Å². The topological polar surface area (TPSA) is 20.2 Å². The summed E-state index contributed by atoms with van der Waals surface area (Å²) in [6.07, 6.45) is 4.33. The average molecular weight is 199 g/mol. The molecule has 0 saturated carbocycles. The highest BCUT2D eigenvalue weighted by Crippen LogP contribution is 2.32. The van der Waals surface area contributed by atoms with Crippen LogP contribution in [0.5, 0.6) is 0 Å². The second-order valence-corrected chi connectivity index (χ2v) is 4.43. The Morgan fingerprint density at radius 1 is 1.18 bits per heavy atom. The first-order valence-electron chi connectivity index (χ1n) is 4.11. The Kier molecular flexibility index (Phi) is 6.40. The molecular formula is C8H16Cl2O. The molecule has 11 heavy (non-hydrogen) atoms. The zero-order valence-electron chi connectivity index (χ0n) is 6.95. The van der Waals surface area contributed by atoms with Gasteiger partial charge in [0.1, 0.15) is 4.33 Å². The van der Waals surface area contributed by atoms with Gasteiger partial charge in [0.25, 0.3) is 0 Å². The lowest BCUT2D eigenvalue weighted by Crippen LogP contribution is -2.11. The van der Waals surface area contributed by atoms with Crippen molar-refractivity contribution in [1.82, 2.24) is 0 Å². The van der Waals surface area contributed by atoms with Crippen molar-refractivity contribution >= 4 is 23.2 Å². The number of halogens is 2. The SMILES string of the molecule is CCCC(Cl)(Cl)CCCCO. The van der Waals surface area contributed by atoms with Gasteiger partial charge in [0.2, 0.25) is 0 Å². The Labute approximate surface area is 78.7 Å². The normalized spacial score (nSPS) is 12.0. The summed E-state index contributed by atoms with van der Waals surface area (Å²) in [6, 6.07) is 0. The van der Waals surface area contributed by atoms with E-state index in [2.05, 4.69) is 6.92 Å². The van der Waals surface area contributed by atoms with E-state index in [9.17, 15) is 0 Å². The lowest BCUT2D eigenvalue weighted by atomic mass is 10.1. The number of hydrogen-bond acceptors (Lipinski definition) is 1. The highest BCUT2D eigenvalue weighted by molar-refractivity contribution is 6.48. The van der Waals surface area contributed by atoms with Crippen molar-refractivity contribution in [2.24, 2.45) is 0 Å². The van der Waals surface area contributed by atoms with Gasteiger partial charge in [-0.15, -0.1) is 23.2 Å². The second kappa shape index (κ2) is 6.10. The zero-order valence-corrected chi connectivity index (χ0v) is 8.46. The van der Waals surface area contributed by atoms with E-state index in [0.717, 1.165) is 32.1 Å². The maximum absolute atomic E-state index is 8.51. The Morgan fingerprint density at radius 2 is 1.82 bits per heavy atom. The molecule has 0 saturated heterocycles. The van der Waals surface area contributed by atoms with Crippen molar-refractivity contribution in [2.45, 2.75) is 43.4 Å². The van der Waals surface area contributed by atoms with Crippen molar-refractivity contribution in [3.63, 3.8) is 0 Å². The molecule has 0 aliphatic rings. The van der Waals surface area contributed by atoms with Crippen LogP contribution < -0.4 is 0 Å². The van der Waals surface area contributed by atoms with Crippen LogP contribution in [-0.4, -0.2) is 16.0 Å². The van der Waals surface area contributed by atoms with Gasteiger partial charge in [0.05, 0.1) is 0 Å². The number of hydrogen-bond donors (Lipinski definition) is 1. The third-order valence-electron chi connectivity index (χ3n) is 1.57. The molecular weight excluding hydrogens is 183 g/mol. The molecule has 0 radical (unpaired) electrons. The summed E-state index contributed by atoms with van der Waals surface area (Å²) in [7, 11) is 0. The van der Waals surface area contributed by atoms with E-state index in [4.69, 9.17) is 28.3 Å². The van der Waals surface area contributed by atoms with E-state index in [1.54, 1.807) is 0 Å². The fourth-order valence-corrected chi connectivity index (χ4v) is 1.63. The molecule has 0 aliphatic heterocycles. The third kappa shape index (κ3) is 6.92. The van der Waals surface area contributed by atoms with Crippen LogP contribution in [0.2, 0.25) is 0 Å². The molecule has 0 aromatic rings. The Bertz CT molecular complexity index is 94.1. The van der Waals surface area contributed by atoms with E-state index < -0.39 is 4.33 Å². The van der Waals surface area contributed by atoms with Crippen molar-refractivity contribution in [3.05, 3.63) is 0 Å². The molecule has 68 valence electrons. The average Bonchev–Trinajstić information content (AvgIpc) is 1.87. The molecule has 0 rings (SSSR count). The molecule has 1 N–H and O–H groups in total. The molecule has 0 bridgehead atoms. The standard InChI is InChI=1S/C8H16Cl2O/c1-2-5-8(9,10)6-3-4-7-11/h11H,2-7H2,1H3. The first kappa shape index (κ1) is 11.5. The van der Waals surface area contributed by atoms with E-state index in [1.165, 1.54) is 0 Å². The molecule has 0 amide bonds. The summed E-state index contributed by atoms with van der Waals surface area (Å²) in [5.74, 6) is 0. The van der Waals surface area contributed by atoms with Gasteiger partial charge in [-0.3, -0.25) is 0 Å². The minimum absolute atomic E-state index is 0.232. The van der Waals surface area contributed by atoms with Crippen LogP contribution in [0.25, 0.3) is 0 Å². The monoisotopic (exact) mass is 198 g/mol. The summed E-state index contributed by atoms with van der Waals surface area (Å²) < 4.78 is -0.566. The largest absolute Gasteiger partial charge is 0.396 e. The molecule has 0 fully saturated rings. The lowest BCUT2D eigenvalue weighted by molar-refractivity contribution is 0.281. The van der Waals surface area contributed by atoms with Gasteiger partial charge >= 0.3 is 0 Å². The Hall–Kier alpha value is 0.540. The highest BCUT2D eigenvalue weighted by Gasteiger charge is 2.21. The van der Waals surface area contributed by atoms with E-state index >= 15 is 0 Å². The van der Waals surface area contributed by atoms with Gasteiger partial charge in [-0.1, -0.05) is 13.3 Å². The van der Waals surface area contributed by atoms with Crippen molar-refractivity contribution in [2.75, 3.05) is 6.61 Å². The number of aliphatic hydroxyl groups is 1. The first-order valence-corrected chi connectivity index (χ1v) is 4.86.